The highest BCUT2D eigenvalue weighted by molar-refractivity contribution is 5.63. The summed E-state index contributed by atoms with van der Waals surface area (Å²) in [4.78, 5) is 19.1. The maximum atomic E-state index is 11.9. The molecule has 0 atom stereocenters. The van der Waals surface area contributed by atoms with E-state index in [0.717, 1.165) is 22.5 Å². The fourth-order valence-electron chi connectivity index (χ4n) is 1.88. The Morgan fingerprint density at radius 1 is 1.12 bits per heavy atom. The normalized spacial score (nSPS) is 10.6. The van der Waals surface area contributed by atoms with Gasteiger partial charge in [0, 0.05) is 11.3 Å². The SMILES string of the molecule is Cc1ccc(-c2nc(C)c(C)[nH]c2=O)c(C)c1. The van der Waals surface area contributed by atoms with Crippen LogP contribution in [-0.2, 0) is 0 Å². The van der Waals surface area contributed by atoms with Crippen molar-refractivity contribution in [3.63, 3.8) is 0 Å². The van der Waals surface area contributed by atoms with Gasteiger partial charge in [-0.3, -0.25) is 4.79 Å². The minimum atomic E-state index is -0.125. The Kier molecular flexibility index (Phi) is 2.84. The van der Waals surface area contributed by atoms with Gasteiger partial charge in [0.1, 0.15) is 5.69 Å². The van der Waals surface area contributed by atoms with Gasteiger partial charge in [0.2, 0.25) is 0 Å². The van der Waals surface area contributed by atoms with Crippen molar-refractivity contribution in [1.82, 2.24) is 9.97 Å². The Morgan fingerprint density at radius 3 is 2.47 bits per heavy atom. The second-order valence-corrected chi connectivity index (χ2v) is 4.44. The molecule has 3 nitrogen and oxygen atoms in total. The van der Waals surface area contributed by atoms with Crippen LogP contribution in [0.25, 0.3) is 11.3 Å². The van der Waals surface area contributed by atoms with Gasteiger partial charge in [0.15, 0.2) is 0 Å². The van der Waals surface area contributed by atoms with Gasteiger partial charge in [-0.15, -0.1) is 0 Å². The summed E-state index contributed by atoms with van der Waals surface area (Å²) in [6, 6.07) is 6.02. The molecule has 0 saturated carbocycles. The molecule has 0 fully saturated rings. The minimum absolute atomic E-state index is 0.125. The van der Waals surface area contributed by atoms with Crippen molar-refractivity contribution in [3.05, 3.63) is 51.1 Å². The van der Waals surface area contributed by atoms with Crippen LogP contribution in [0.5, 0.6) is 0 Å². The molecule has 0 aliphatic rings. The summed E-state index contributed by atoms with van der Waals surface area (Å²) < 4.78 is 0. The van der Waals surface area contributed by atoms with Crippen LogP contribution in [0.4, 0.5) is 0 Å². The lowest BCUT2D eigenvalue weighted by molar-refractivity contribution is 1.02. The molecule has 0 unspecified atom stereocenters. The molecule has 1 N–H and O–H groups in total. The van der Waals surface area contributed by atoms with Crippen molar-refractivity contribution >= 4 is 0 Å². The molecular formula is C14H16N2O. The number of aryl methyl sites for hydroxylation is 4. The zero-order valence-electron chi connectivity index (χ0n) is 10.6. The molecular weight excluding hydrogens is 212 g/mol. The average molecular weight is 228 g/mol. The van der Waals surface area contributed by atoms with Gasteiger partial charge in [-0.25, -0.2) is 4.98 Å². The molecule has 1 aromatic heterocycles. The molecule has 0 aliphatic heterocycles. The smallest absolute Gasteiger partial charge is 0.274 e. The number of aromatic amines is 1. The van der Waals surface area contributed by atoms with Crippen molar-refractivity contribution in [2.45, 2.75) is 27.7 Å². The zero-order valence-corrected chi connectivity index (χ0v) is 10.6. The van der Waals surface area contributed by atoms with Crippen molar-refractivity contribution in [1.29, 1.82) is 0 Å². The molecule has 0 radical (unpaired) electrons. The van der Waals surface area contributed by atoms with Crippen LogP contribution in [0.2, 0.25) is 0 Å². The number of hydrogen-bond donors (Lipinski definition) is 1. The molecule has 88 valence electrons. The predicted molar refractivity (Wildman–Crippen MR) is 69.2 cm³/mol. The molecule has 1 heterocycles. The summed E-state index contributed by atoms with van der Waals surface area (Å²) in [5.74, 6) is 0. The molecule has 1 aromatic carbocycles. The van der Waals surface area contributed by atoms with Crippen LogP contribution in [0.1, 0.15) is 22.5 Å². The summed E-state index contributed by atoms with van der Waals surface area (Å²) in [6.07, 6.45) is 0. The Labute approximate surface area is 101 Å². The van der Waals surface area contributed by atoms with Crippen molar-refractivity contribution in [2.24, 2.45) is 0 Å². The lowest BCUT2D eigenvalue weighted by atomic mass is 10.0. The second kappa shape index (κ2) is 4.17. The number of rotatable bonds is 1. The molecule has 3 heteroatoms. The van der Waals surface area contributed by atoms with Gasteiger partial charge in [-0.05, 0) is 33.3 Å². The number of nitrogens with zero attached hydrogens (tertiary/aromatic N) is 1. The first kappa shape index (κ1) is 11.6. The summed E-state index contributed by atoms with van der Waals surface area (Å²) in [5, 5.41) is 0. The summed E-state index contributed by atoms with van der Waals surface area (Å²) in [6.45, 7) is 7.79. The Balaban J connectivity index is 2.69. The third kappa shape index (κ3) is 2.13. The fraction of sp³-hybridized carbons (Fsp3) is 0.286. The lowest BCUT2D eigenvalue weighted by Gasteiger charge is -2.07. The van der Waals surface area contributed by atoms with Crippen molar-refractivity contribution < 1.29 is 0 Å². The van der Waals surface area contributed by atoms with Crippen molar-refractivity contribution in [3.8, 4) is 11.3 Å². The number of aromatic nitrogens is 2. The molecule has 0 saturated heterocycles. The number of hydrogen-bond acceptors (Lipinski definition) is 2. The van der Waals surface area contributed by atoms with E-state index in [2.05, 4.69) is 16.0 Å². The van der Waals surface area contributed by atoms with E-state index in [1.54, 1.807) is 0 Å². The maximum absolute atomic E-state index is 11.9. The Morgan fingerprint density at radius 2 is 1.82 bits per heavy atom. The molecule has 17 heavy (non-hydrogen) atoms. The van der Waals surface area contributed by atoms with Crippen LogP contribution in [0.15, 0.2) is 23.0 Å². The van der Waals surface area contributed by atoms with Crippen LogP contribution in [-0.4, -0.2) is 9.97 Å². The predicted octanol–water partition coefficient (Wildman–Crippen LogP) is 2.67. The first-order chi connectivity index (χ1) is 7.99. The van der Waals surface area contributed by atoms with E-state index < -0.39 is 0 Å². The standard InChI is InChI=1S/C14H16N2O/c1-8-5-6-12(9(2)7-8)13-14(17)16-11(4)10(3)15-13/h5-7H,1-4H3,(H,16,17). The van der Waals surface area contributed by atoms with Crippen LogP contribution >= 0.6 is 0 Å². The molecule has 0 amide bonds. The minimum Gasteiger partial charge on any atom is -0.323 e. The van der Waals surface area contributed by atoms with Crippen LogP contribution < -0.4 is 5.56 Å². The van der Waals surface area contributed by atoms with E-state index >= 15 is 0 Å². The first-order valence-electron chi connectivity index (χ1n) is 5.64. The Hall–Kier alpha value is -1.90. The van der Waals surface area contributed by atoms with Crippen molar-refractivity contribution in [2.75, 3.05) is 0 Å². The van der Waals surface area contributed by atoms with E-state index in [9.17, 15) is 4.79 Å². The van der Waals surface area contributed by atoms with Gasteiger partial charge in [-0.2, -0.15) is 0 Å². The van der Waals surface area contributed by atoms with Crippen LogP contribution in [0.3, 0.4) is 0 Å². The zero-order chi connectivity index (χ0) is 12.6. The monoisotopic (exact) mass is 228 g/mol. The average Bonchev–Trinajstić information content (AvgIpc) is 2.24. The second-order valence-electron chi connectivity index (χ2n) is 4.44. The third-order valence-electron chi connectivity index (χ3n) is 2.98. The fourth-order valence-corrected chi connectivity index (χ4v) is 1.88. The summed E-state index contributed by atoms with van der Waals surface area (Å²) in [7, 11) is 0. The number of benzene rings is 1. The number of H-pyrrole nitrogens is 1. The third-order valence-corrected chi connectivity index (χ3v) is 2.98. The van der Waals surface area contributed by atoms with E-state index in [-0.39, 0.29) is 5.56 Å². The van der Waals surface area contributed by atoms with Gasteiger partial charge < -0.3 is 4.98 Å². The highest BCUT2D eigenvalue weighted by Crippen LogP contribution is 2.19. The van der Waals surface area contributed by atoms with E-state index in [1.165, 1.54) is 5.56 Å². The van der Waals surface area contributed by atoms with Crippen LogP contribution in [0, 0.1) is 27.7 Å². The quantitative estimate of drug-likeness (QED) is 0.815. The van der Waals surface area contributed by atoms with E-state index in [4.69, 9.17) is 0 Å². The van der Waals surface area contributed by atoms with E-state index in [0.29, 0.717) is 5.69 Å². The first-order valence-corrected chi connectivity index (χ1v) is 5.64. The van der Waals surface area contributed by atoms with Gasteiger partial charge in [0.05, 0.1) is 5.69 Å². The molecule has 0 aliphatic carbocycles. The maximum Gasteiger partial charge on any atom is 0.274 e. The topological polar surface area (TPSA) is 45.8 Å². The highest BCUT2D eigenvalue weighted by atomic mass is 16.1. The Bertz CT molecular complexity index is 627. The molecule has 0 spiro atoms. The summed E-state index contributed by atoms with van der Waals surface area (Å²) in [5.41, 5.74) is 5.23. The lowest BCUT2D eigenvalue weighted by Crippen LogP contribution is -2.14. The number of nitrogens with one attached hydrogen (secondary N) is 1. The van der Waals surface area contributed by atoms with Gasteiger partial charge >= 0.3 is 0 Å². The largest absolute Gasteiger partial charge is 0.323 e. The summed E-state index contributed by atoms with van der Waals surface area (Å²) >= 11 is 0. The van der Waals surface area contributed by atoms with Gasteiger partial charge in [-0.1, -0.05) is 23.8 Å². The molecule has 2 aromatic rings. The molecule has 0 bridgehead atoms. The molecule has 2 rings (SSSR count). The van der Waals surface area contributed by atoms with E-state index in [1.807, 2.05) is 39.8 Å². The highest BCUT2D eigenvalue weighted by Gasteiger charge is 2.09. The van der Waals surface area contributed by atoms with Gasteiger partial charge in [0.25, 0.3) is 5.56 Å².